The number of nitrogens with zero attached hydrogens (tertiary/aromatic N) is 1. The molecule has 0 fully saturated rings. The maximum atomic E-state index is 13.0. The van der Waals surface area contributed by atoms with Gasteiger partial charge in [0.15, 0.2) is 0 Å². The van der Waals surface area contributed by atoms with E-state index in [0.29, 0.717) is 5.56 Å². The highest BCUT2D eigenvalue weighted by Gasteiger charge is 2.12. The highest BCUT2D eigenvalue weighted by Crippen LogP contribution is 2.21. The summed E-state index contributed by atoms with van der Waals surface area (Å²) in [6.45, 7) is 0.137. The summed E-state index contributed by atoms with van der Waals surface area (Å²) in [4.78, 5) is 11.0. The Morgan fingerprint density at radius 1 is 1.25 bits per heavy atom. The van der Waals surface area contributed by atoms with E-state index in [1.54, 1.807) is 24.3 Å². The van der Waals surface area contributed by atoms with Crippen LogP contribution in [0.1, 0.15) is 21.5 Å². The van der Waals surface area contributed by atoms with E-state index in [4.69, 9.17) is 15.1 Å². The van der Waals surface area contributed by atoms with Gasteiger partial charge in [-0.15, -0.1) is 0 Å². The predicted octanol–water partition coefficient (Wildman–Crippen LogP) is 2.97. The average Bonchev–Trinajstić information content (AvgIpc) is 2.46. The Morgan fingerprint density at radius 2 is 1.95 bits per heavy atom. The highest BCUT2D eigenvalue weighted by atomic mass is 19.1. The minimum absolute atomic E-state index is 0.100. The van der Waals surface area contributed by atoms with Crippen LogP contribution in [0.15, 0.2) is 42.5 Å². The van der Waals surface area contributed by atoms with Crippen molar-refractivity contribution in [2.24, 2.45) is 0 Å². The molecule has 100 valence electrons. The van der Waals surface area contributed by atoms with Crippen molar-refractivity contribution in [1.82, 2.24) is 0 Å². The molecule has 0 atom stereocenters. The van der Waals surface area contributed by atoms with E-state index in [0.717, 1.165) is 17.7 Å². The first-order valence-corrected chi connectivity index (χ1v) is 5.75. The van der Waals surface area contributed by atoms with Gasteiger partial charge in [-0.3, -0.25) is 0 Å². The van der Waals surface area contributed by atoms with Crippen molar-refractivity contribution in [2.45, 2.75) is 6.61 Å². The van der Waals surface area contributed by atoms with Gasteiger partial charge in [0.2, 0.25) is 0 Å². The Labute approximate surface area is 114 Å². The van der Waals surface area contributed by atoms with Crippen LogP contribution in [-0.2, 0) is 6.61 Å². The fraction of sp³-hybridized carbons (Fsp3) is 0.0667. The van der Waals surface area contributed by atoms with Crippen molar-refractivity contribution in [3.63, 3.8) is 0 Å². The lowest BCUT2D eigenvalue weighted by Crippen LogP contribution is -2.04. The topological polar surface area (TPSA) is 70.3 Å². The van der Waals surface area contributed by atoms with E-state index in [1.165, 1.54) is 6.07 Å². The number of hydrogen-bond acceptors (Lipinski definition) is 3. The average molecular weight is 271 g/mol. The summed E-state index contributed by atoms with van der Waals surface area (Å²) in [7, 11) is 0. The fourth-order valence-corrected chi connectivity index (χ4v) is 1.63. The lowest BCUT2D eigenvalue weighted by molar-refractivity contribution is 0.0691. The van der Waals surface area contributed by atoms with Crippen LogP contribution in [0.3, 0.4) is 0 Å². The van der Waals surface area contributed by atoms with E-state index in [2.05, 4.69) is 0 Å². The number of rotatable bonds is 4. The van der Waals surface area contributed by atoms with Gasteiger partial charge in [-0.05, 0) is 35.9 Å². The van der Waals surface area contributed by atoms with Crippen molar-refractivity contribution in [2.75, 3.05) is 0 Å². The second-order valence-corrected chi connectivity index (χ2v) is 4.04. The molecule has 0 radical (unpaired) electrons. The van der Waals surface area contributed by atoms with Crippen LogP contribution >= 0.6 is 0 Å². The van der Waals surface area contributed by atoms with Gasteiger partial charge < -0.3 is 9.84 Å². The largest absolute Gasteiger partial charge is 0.488 e. The fourth-order valence-electron chi connectivity index (χ4n) is 1.63. The SMILES string of the molecule is N#Cc1ccc(COc2ccc(F)cc2C(=O)O)cc1. The molecule has 0 spiro atoms. The maximum Gasteiger partial charge on any atom is 0.339 e. The minimum Gasteiger partial charge on any atom is -0.488 e. The number of carboxylic acids is 1. The first kappa shape index (κ1) is 13.6. The van der Waals surface area contributed by atoms with Crippen LogP contribution in [0.2, 0.25) is 0 Å². The zero-order valence-electron chi connectivity index (χ0n) is 10.3. The second-order valence-electron chi connectivity index (χ2n) is 4.04. The standard InChI is InChI=1S/C15H10FNO3/c16-12-5-6-14(13(7-12)15(18)19)20-9-11-3-1-10(8-17)2-4-11/h1-7H,9H2,(H,18,19). The van der Waals surface area contributed by atoms with Crippen molar-refractivity contribution < 1.29 is 19.0 Å². The molecule has 4 nitrogen and oxygen atoms in total. The molecule has 5 heteroatoms. The predicted molar refractivity (Wildman–Crippen MR) is 68.8 cm³/mol. The van der Waals surface area contributed by atoms with Gasteiger partial charge in [0, 0.05) is 0 Å². The Kier molecular flexibility index (Phi) is 3.96. The smallest absolute Gasteiger partial charge is 0.339 e. The first-order chi connectivity index (χ1) is 9.60. The molecule has 20 heavy (non-hydrogen) atoms. The lowest BCUT2D eigenvalue weighted by atomic mass is 10.1. The summed E-state index contributed by atoms with van der Waals surface area (Å²) in [5.41, 5.74) is 1.09. The Bertz CT molecular complexity index is 675. The van der Waals surface area contributed by atoms with E-state index < -0.39 is 11.8 Å². The Balaban J connectivity index is 2.14. The van der Waals surface area contributed by atoms with E-state index in [1.807, 2.05) is 6.07 Å². The van der Waals surface area contributed by atoms with Gasteiger partial charge in [0.1, 0.15) is 23.7 Å². The van der Waals surface area contributed by atoms with Gasteiger partial charge in [0.05, 0.1) is 11.6 Å². The van der Waals surface area contributed by atoms with Crippen molar-refractivity contribution in [3.05, 3.63) is 65.0 Å². The molecule has 0 aliphatic carbocycles. The summed E-state index contributed by atoms with van der Waals surface area (Å²) < 4.78 is 18.4. The van der Waals surface area contributed by atoms with Gasteiger partial charge in [-0.25, -0.2) is 9.18 Å². The quantitative estimate of drug-likeness (QED) is 0.928. The number of carboxylic acid groups (broad SMARTS) is 1. The number of benzene rings is 2. The minimum atomic E-state index is -1.25. The molecule has 1 N–H and O–H groups in total. The first-order valence-electron chi connectivity index (χ1n) is 5.75. The van der Waals surface area contributed by atoms with Crippen molar-refractivity contribution in [3.8, 4) is 11.8 Å². The zero-order valence-corrected chi connectivity index (χ0v) is 10.3. The van der Waals surface area contributed by atoms with Crippen molar-refractivity contribution >= 4 is 5.97 Å². The highest BCUT2D eigenvalue weighted by molar-refractivity contribution is 5.90. The molecular formula is C15H10FNO3. The van der Waals surface area contributed by atoms with Crippen LogP contribution in [0.5, 0.6) is 5.75 Å². The van der Waals surface area contributed by atoms with Crippen molar-refractivity contribution in [1.29, 1.82) is 5.26 Å². The molecule has 0 aliphatic heterocycles. The molecule has 0 aliphatic rings. The monoisotopic (exact) mass is 271 g/mol. The van der Waals surface area contributed by atoms with Crippen LogP contribution in [0, 0.1) is 17.1 Å². The van der Waals surface area contributed by atoms with E-state index >= 15 is 0 Å². The number of nitriles is 1. The summed E-state index contributed by atoms with van der Waals surface area (Å²) in [5.74, 6) is -1.78. The third-order valence-electron chi connectivity index (χ3n) is 2.65. The van der Waals surface area contributed by atoms with Crippen LogP contribution in [0.25, 0.3) is 0 Å². The summed E-state index contributed by atoms with van der Waals surface area (Å²) in [5, 5.41) is 17.7. The molecule has 2 rings (SSSR count). The Morgan fingerprint density at radius 3 is 2.55 bits per heavy atom. The molecular weight excluding hydrogens is 261 g/mol. The molecule has 0 heterocycles. The van der Waals surface area contributed by atoms with Crippen LogP contribution < -0.4 is 4.74 Å². The van der Waals surface area contributed by atoms with Crippen LogP contribution in [-0.4, -0.2) is 11.1 Å². The van der Waals surface area contributed by atoms with Gasteiger partial charge in [0.25, 0.3) is 0 Å². The molecule has 0 saturated carbocycles. The lowest BCUT2D eigenvalue weighted by Gasteiger charge is -2.09. The van der Waals surface area contributed by atoms with Gasteiger partial charge in [-0.1, -0.05) is 12.1 Å². The third-order valence-corrected chi connectivity index (χ3v) is 2.65. The number of carbonyl (C=O) groups is 1. The van der Waals surface area contributed by atoms with Gasteiger partial charge >= 0.3 is 5.97 Å². The number of ether oxygens (including phenoxy) is 1. The molecule has 2 aromatic carbocycles. The Hall–Kier alpha value is -2.87. The molecule has 0 amide bonds. The number of hydrogen-bond donors (Lipinski definition) is 1. The molecule has 0 aromatic heterocycles. The number of halogens is 1. The maximum absolute atomic E-state index is 13.0. The molecule has 0 bridgehead atoms. The third kappa shape index (κ3) is 3.12. The second kappa shape index (κ2) is 5.85. The van der Waals surface area contributed by atoms with Gasteiger partial charge in [-0.2, -0.15) is 5.26 Å². The summed E-state index contributed by atoms with van der Waals surface area (Å²) in [6, 6.07) is 12.0. The normalized spacial score (nSPS) is 9.80. The molecule has 0 unspecified atom stereocenters. The summed E-state index contributed by atoms with van der Waals surface area (Å²) >= 11 is 0. The summed E-state index contributed by atoms with van der Waals surface area (Å²) in [6.07, 6.45) is 0. The van der Waals surface area contributed by atoms with E-state index in [-0.39, 0.29) is 17.9 Å². The number of aromatic carboxylic acids is 1. The van der Waals surface area contributed by atoms with Crippen LogP contribution in [0.4, 0.5) is 4.39 Å². The molecule has 2 aromatic rings. The van der Waals surface area contributed by atoms with E-state index in [9.17, 15) is 9.18 Å². The molecule has 0 saturated heterocycles. The zero-order chi connectivity index (χ0) is 14.5.